The number of halogens is 1. The van der Waals surface area contributed by atoms with Crippen LogP contribution in [0.1, 0.15) is 29.2 Å². The Hall–Kier alpha value is -0.680. The Labute approximate surface area is 98.2 Å². The van der Waals surface area contributed by atoms with Crippen LogP contribution in [0.15, 0.2) is 0 Å². The standard InChI is InChI=1S/C9H14ClN3OS/c1-6-7(15-13-12-6)8(14)11-5-9(2,3)4-10/h4-5H2,1-3H3,(H,11,14). The van der Waals surface area contributed by atoms with E-state index >= 15 is 0 Å². The summed E-state index contributed by atoms with van der Waals surface area (Å²) >= 11 is 6.87. The average Bonchev–Trinajstić information content (AvgIpc) is 2.61. The fraction of sp³-hybridized carbons (Fsp3) is 0.667. The first-order chi connectivity index (χ1) is 6.96. The van der Waals surface area contributed by atoms with Gasteiger partial charge in [0.25, 0.3) is 5.91 Å². The van der Waals surface area contributed by atoms with Crippen LogP contribution < -0.4 is 5.32 Å². The van der Waals surface area contributed by atoms with Crippen molar-refractivity contribution in [2.75, 3.05) is 12.4 Å². The molecule has 0 bridgehead atoms. The molecule has 1 rings (SSSR count). The third kappa shape index (κ3) is 3.43. The molecular formula is C9H14ClN3OS. The molecule has 0 aromatic carbocycles. The van der Waals surface area contributed by atoms with E-state index in [0.29, 0.717) is 23.0 Å². The number of hydrogen-bond donors (Lipinski definition) is 1. The van der Waals surface area contributed by atoms with Crippen LogP contribution in [0.5, 0.6) is 0 Å². The van der Waals surface area contributed by atoms with Crippen LogP contribution >= 0.6 is 23.1 Å². The molecule has 0 radical (unpaired) electrons. The SMILES string of the molecule is Cc1nnsc1C(=O)NCC(C)(C)CCl. The van der Waals surface area contributed by atoms with Gasteiger partial charge in [0.05, 0.1) is 5.69 Å². The lowest BCUT2D eigenvalue weighted by atomic mass is 9.96. The largest absolute Gasteiger partial charge is 0.351 e. The summed E-state index contributed by atoms with van der Waals surface area (Å²) in [4.78, 5) is 12.2. The molecule has 1 amide bonds. The number of nitrogens with zero attached hydrogens (tertiary/aromatic N) is 2. The van der Waals surface area contributed by atoms with E-state index in [-0.39, 0.29) is 11.3 Å². The van der Waals surface area contributed by atoms with Crippen LogP contribution in [-0.4, -0.2) is 27.9 Å². The molecule has 6 heteroatoms. The highest BCUT2D eigenvalue weighted by Crippen LogP contribution is 2.16. The number of aromatic nitrogens is 2. The summed E-state index contributed by atoms with van der Waals surface area (Å²) < 4.78 is 3.71. The Kier molecular flexibility index (Phi) is 4.04. The summed E-state index contributed by atoms with van der Waals surface area (Å²) in [7, 11) is 0. The maximum Gasteiger partial charge on any atom is 0.264 e. The van der Waals surface area contributed by atoms with Gasteiger partial charge in [-0.3, -0.25) is 4.79 Å². The highest BCUT2D eigenvalue weighted by Gasteiger charge is 2.19. The Bertz CT molecular complexity index is 351. The summed E-state index contributed by atoms with van der Waals surface area (Å²) in [6, 6.07) is 0. The first-order valence-corrected chi connectivity index (χ1v) is 5.90. The van der Waals surface area contributed by atoms with Crippen molar-refractivity contribution in [1.82, 2.24) is 14.9 Å². The van der Waals surface area contributed by atoms with Gasteiger partial charge in [-0.15, -0.1) is 16.7 Å². The fourth-order valence-corrected chi connectivity index (χ4v) is 1.55. The van der Waals surface area contributed by atoms with E-state index in [4.69, 9.17) is 11.6 Å². The van der Waals surface area contributed by atoms with Gasteiger partial charge in [-0.2, -0.15) is 0 Å². The van der Waals surface area contributed by atoms with Crippen LogP contribution in [0, 0.1) is 12.3 Å². The molecule has 0 fully saturated rings. The van der Waals surface area contributed by atoms with Crippen molar-refractivity contribution >= 4 is 29.0 Å². The maximum absolute atomic E-state index is 11.7. The molecule has 1 N–H and O–H groups in total. The Balaban J connectivity index is 2.55. The van der Waals surface area contributed by atoms with Gasteiger partial charge in [-0.25, -0.2) is 0 Å². The third-order valence-electron chi connectivity index (χ3n) is 1.95. The molecule has 0 saturated heterocycles. The number of carbonyl (C=O) groups excluding carboxylic acids is 1. The molecule has 0 atom stereocenters. The quantitative estimate of drug-likeness (QED) is 0.826. The van der Waals surface area contributed by atoms with Gasteiger partial charge >= 0.3 is 0 Å². The molecule has 1 aromatic rings. The minimum absolute atomic E-state index is 0.0940. The molecule has 4 nitrogen and oxygen atoms in total. The van der Waals surface area contributed by atoms with Crippen molar-refractivity contribution in [3.63, 3.8) is 0 Å². The second kappa shape index (κ2) is 4.90. The van der Waals surface area contributed by atoms with E-state index in [1.54, 1.807) is 6.92 Å². The van der Waals surface area contributed by atoms with Crippen molar-refractivity contribution in [2.45, 2.75) is 20.8 Å². The second-order valence-electron chi connectivity index (χ2n) is 4.17. The predicted octanol–water partition coefficient (Wildman–Crippen LogP) is 1.84. The number of carbonyl (C=O) groups is 1. The van der Waals surface area contributed by atoms with Crippen molar-refractivity contribution < 1.29 is 4.79 Å². The van der Waals surface area contributed by atoms with E-state index in [0.717, 1.165) is 11.5 Å². The lowest BCUT2D eigenvalue weighted by molar-refractivity contribution is 0.0943. The van der Waals surface area contributed by atoms with Crippen molar-refractivity contribution in [1.29, 1.82) is 0 Å². The van der Waals surface area contributed by atoms with Gasteiger partial charge in [0.1, 0.15) is 4.88 Å². The minimum atomic E-state index is -0.124. The Morgan fingerprint density at radius 3 is 2.73 bits per heavy atom. The molecule has 0 spiro atoms. The van der Waals surface area contributed by atoms with Crippen LogP contribution in [-0.2, 0) is 0 Å². The van der Waals surface area contributed by atoms with E-state index in [1.807, 2.05) is 13.8 Å². The van der Waals surface area contributed by atoms with Crippen molar-refractivity contribution in [3.8, 4) is 0 Å². The molecule has 0 saturated carbocycles. The van der Waals surface area contributed by atoms with Gasteiger partial charge in [0.15, 0.2) is 0 Å². The van der Waals surface area contributed by atoms with E-state index < -0.39 is 0 Å². The minimum Gasteiger partial charge on any atom is -0.351 e. The highest BCUT2D eigenvalue weighted by atomic mass is 35.5. The number of rotatable bonds is 4. The first-order valence-electron chi connectivity index (χ1n) is 4.59. The summed E-state index contributed by atoms with van der Waals surface area (Å²) in [5.74, 6) is 0.383. The zero-order chi connectivity index (χ0) is 11.5. The van der Waals surface area contributed by atoms with Crippen LogP contribution in [0.4, 0.5) is 0 Å². The van der Waals surface area contributed by atoms with Crippen molar-refractivity contribution in [2.24, 2.45) is 5.41 Å². The Morgan fingerprint density at radius 1 is 1.60 bits per heavy atom. The molecule has 0 unspecified atom stereocenters. The monoisotopic (exact) mass is 247 g/mol. The number of hydrogen-bond acceptors (Lipinski definition) is 4. The first kappa shape index (κ1) is 12.4. The smallest absolute Gasteiger partial charge is 0.264 e. The molecule has 0 aliphatic carbocycles. The van der Waals surface area contributed by atoms with E-state index in [1.165, 1.54) is 0 Å². The fourth-order valence-electron chi connectivity index (χ4n) is 0.887. The van der Waals surface area contributed by atoms with Gasteiger partial charge in [0.2, 0.25) is 0 Å². The molecule has 15 heavy (non-hydrogen) atoms. The maximum atomic E-state index is 11.7. The van der Waals surface area contributed by atoms with Gasteiger partial charge in [0, 0.05) is 12.4 Å². The summed E-state index contributed by atoms with van der Waals surface area (Å²) in [5.41, 5.74) is 0.574. The van der Waals surface area contributed by atoms with Crippen LogP contribution in [0.2, 0.25) is 0 Å². The number of nitrogens with one attached hydrogen (secondary N) is 1. The third-order valence-corrected chi connectivity index (χ3v) is 3.50. The zero-order valence-corrected chi connectivity index (χ0v) is 10.6. The van der Waals surface area contributed by atoms with E-state index in [9.17, 15) is 4.79 Å². The molecule has 0 aliphatic heterocycles. The molecular weight excluding hydrogens is 234 g/mol. The lowest BCUT2D eigenvalue weighted by Crippen LogP contribution is -2.34. The second-order valence-corrected chi connectivity index (χ2v) is 5.19. The van der Waals surface area contributed by atoms with Crippen LogP contribution in [0.25, 0.3) is 0 Å². The van der Waals surface area contributed by atoms with E-state index in [2.05, 4.69) is 14.9 Å². The normalized spacial score (nSPS) is 11.5. The molecule has 84 valence electrons. The average molecular weight is 248 g/mol. The number of aryl methyl sites for hydroxylation is 1. The predicted molar refractivity (Wildman–Crippen MR) is 61.5 cm³/mol. The lowest BCUT2D eigenvalue weighted by Gasteiger charge is -2.21. The molecule has 1 aromatic heterocycles. The summed E-state index contributed by atoms with van der Waals surface area (Å²) in [6.07, 6.45) is 0. The Morgan fingerprint density at radius 2 is 2.27 bits per heavy atom. The summed E-state index contributed by atoms with van der Waals surface area (Å²) in [5, 5.41) is 6.61. The van der Waals surface area contributed by atoms with Gasteiger partial charge in [-0.05, 0) is 23.9 Å². The molecule has 1 heterocycles. The number of alkyl halides is 1. The summed E-state index contributed by atoms with van der Waals surface area (Å²) in [6.45, 7) is 6.31. The topological polar surface area (TPSA) is 54.9 Å². The number of amides is 1. The highest BCUT2D eigenvalue weighted by molar-refractivity contribution is 7.07. The van der Waals surface area contributed by atoms with Gasteiger partial charge in [-0.1, -0.05) is 18.3 Å². The zero-order valence-electron chi connectivity index (χ0n) is 9.00. The molecule has 0 aliphatic rings. The van der Waals surface area contributed by atoms with Crippen LogP contribution in [0.3, 0.4) is 0 Å². The van der Waals surface area contributed by atoms with Crippen molar-refractivity contribution in [3.05, 3.63) is 10.6 Å². The van der Waals surface area contributed by atoms with Gasteiger partial charge < -0.3 is 5.32 Å².